The van der Waals surface area contributed by atoms with Crippen molar-refractivity contribution in [2.24, 2.45) is 0 Å². The minimum absolute atomic E-state index is 0.105. The van der Waals surface area contributed by atoms with E-state index in [-0.39, 0.29) is 11.3 Å². The fourth-order valence-corrected chi connectivity index (χ4v) is 1.43. The number of aliphatic carboxylic acids is 1. The van der Waals surface area contributed by atoms with E-state index in [1.807, 2.05) is 0 Å². The van der Waals surface area contributed by atoms with Gasteiger partial charge in [0.05, 0.1) is 0 Å². The van der Waals surface area contributed by atoms with Crippen LogP contribution in [-0.2, 0) is 4.79 Å². The molecule has 0 aromatic heterocycles. The van der Waals surface area contributed by atoms with Gasteiger partial charge in [-0.1, -0.05) is 19.1 Å². The van der Waals surface area contributed by atoms with Gasteiger partial charge in [-0.15, -0.1) is 0 Å². The van der Waals surface area contributed by atoms with Gasteiger partial charge in [0.15, 0.2) is 0 Å². The molecule has 0 aliphatic carbocycles. The molecule has 0 saturated carbocycles. The van der Waals surface area contributed by atoms with Crippen molar-refractivity contribution in [3.63, 3.8) is 0 Å². The molecule has 0 aliphatic heterocycles. The molecule has 0 amide bonds. The van der Waals surface area contributed by atoms with Crippen molar-refractivity contribution in [2.75, 3.05) is 0 Å². The molecule has 16 heavy (non-hydrogen) atoms. The van der Waals surface area contributed by atoms with E-state index in [2.05, 4.69) is 0 Å². The number of carboxylic acid groups (broad SMARTS) is 1. The summed E-state index contributed by atoms with van der Waals surface area (Å²) in [5.41, 5.74) is 0.849. The molecule has 82 valence electrons. The number of rotatable bonds is 3. The van der Waals surface area contributed by atoms with Gasteiger partial charge >= 0.3 is 5.97 Å². The highest BCUT2D eigenvalue weighted by molar-refractivity contribution is 6.00. The molecule has 0 atom stereocenters. The molecule has 0 fully saturated rings. The Hall–Kier alpha value is -2.28. The maximum absolute atomic E-state index is 10.8. The Bertz CT molecular complexity index is 466. The Morgan fingerprint density at radius 2 is 1.94 bits per heavy atom. The quantitative estimate of drug-likeness (QED) is 0.600. The van der Waals surface area contributed by atoms with Gasteiger partial charge in [-0.3, -0.25) is 0 Å². The average molecular weight is 217 g/mol. The number of aromatic hydroxyl groups is 1. The number of hydrogen-bond donors (Lipinski definition) is 2. The summed E-state index contributed by atoms with van der Waals surface area (Å²) in [6.07, 6.45) is 0.444. The maximum atomic E-state index is 10.8. The minimum atomic E-state index is -1.23. The van der Waals surface area contributed by atoms with Gasteiger partial charge in [-0.05, 0) is 29.7 Å². The van der Waals surface area contributed by atoms with Crippen LogP contribution in [-0.4, -0.2) is 16.2 Å². The Balaban J connectivity index is 3.32. The number of carbonyl (C=O) groups is 1. The molecule has 0 spiro atoms. The third-order valence-corrected chi connectivity index (χ3v) is 2.20. The largest absolute Gasteiger partial charge is 0.508 e. The van der Waals surface area contributed by atoms with Crippen LogP contribution in [0.15, 0.2) is 29.8 Å². The van der Waals surface area contributed by atoms with E-state index in [1.165, 1.54) is 12.1 Å². The summed E-state index contributed by atoms with van der Waals surface area (Å²) >= 11 is 0. The standard InChI is InChI=1S/C12H11NO3/c1-2-10(11(7-13)12(15)16)8-3-5-9(14)6-4-8/h3-6,14H,2H2,1H3,(H,15,16). The van der Waals surface area contributed by atoms with E-state index >= 15 is 0 Å². The third kappa shape index (κ3) is 2.39. The number of benzene rings is 1. The third-order valence-electron chi connectivity index (χ3n) is 2.20. The zero-order chi connectivity index (χ0) is 12.1. The van der Waals surface area contributed by atoms with Crippen LogP contribution in [0.1, 0.15) is 18.9 Å². The lowest BCUT2D eigenvalue weighted by Crippen LogP contribution is -2.02. The van der Waals surface area contributed by atoms with Crippen molar-refractivity contribution in [3.8, 4) is 11.8 Å². The number of nitriles is 1. The van der Waals surface area contributed by atoms with Crippen LogP contribution in [0.25, 0.3) is 5.57 Å². The van der Waals surface area contributed by atoms with Gasteiger partial charge in [0.25, 0.3) is 0 Å². The molecule has 0 bridgehead atoms. The van der Waals surface area contributed by atoms with Gasteiger partial charge in [-0.2, -0.15) is 5.26 Å². The van der Waals surface area contributed by atoms with Gasteiger partial charge in [0.2, 0.25) is 0 Å². The van der Waals surface area contributed by atoms with E-state index in [1.54, 1.807) is 25.1 Å². The summed E-state index contributed by atoms with van der Waals surface area (Å²) in [5, 5.41) is 26.8. The van der Waals surface area contributed by atoms with E-state index in [0.717, 1.165) is 0 Å². The summed E-state index contributed by atoms with van der Waals surface area (Å²) < 4.78 is 0. The molecule has 1 aromatic rings. The molecular formula is C12H11NO3. The topological polar surface area (TPSA) is 81.3 Å². The van der Waals surface area contributed by atoms with Crippen molar-refractivity contribution < 1.29 is 15.0 Å². The summed E-state index contributed by atoms with van der Waals surface area (Å²) in [7, 11) is 0. The van der Waals surface area contributed by atoms with Crippen LogP contribution in [0, 0.1) is 11.3 Å². The first kappa shape index (κ1) is 11.8. The van der Waals surface area contributed by atoms with Crippen LogP contribution in [0.5, 0.6) is 5.75 Å². The van der Waals surface area contributed by atoms with Crippen molar-refractivity contribution in [1.82, 2.24) is 0 Å². The van der Waals surface area contributed by atoms with E-state index < -0.39 is 5.97 Å². The minimum Gasteiger partial charge on any atom is -0.508 e. The second-order valence-electron chi connectivity index (χ2n) is 3.17. The number of phenolic OH excluding ortho intramolecular Hbond substituents is 1. The van der Waals surface area contributed by atoms with E-state index in [0.29, 0.717) is 17.6 Å². The Kier molecular flexibility index (Phi) is 3.67. The molecule has 0 radical (unpaired) electrons. The molecule has 0 aliphatic rings. The van der Waals surface area contributed by atoms with Gasteiger partial charge in [-0.25, -0.2) is 4.79 Å². The molecule has 1 aromatic carbocycles. The Labute approximate surface area is 93.1 Å². The lowest BCUT2D eigenvalue weighted by Gasteiger charge is -2.06. The highest BCUT2D eigenvalue weighted by Gasteiger charge is 2.14. The van der Waals surface area contributed by atoms with E-state index in [4.69, 9.17) is 15.5 Å². The summed E-state index contributed by atoms with van der Waals surface area (Å²) in [6.45, 7) is 1.78. The molecule has 1 rings (SSSR count). The SMILES string of the molecule is CCC(=C(C#N)C(=O)O)c1ccc(O)cc1. The number of nitrogens with zero attached hydrogens (tertiary/aromatic N) is 1. The second kappa shape index (κ2) is 4.99. The van der Waals surface area contributed by atoms with Gasteiger partial charge in [0.1, 0.15) is 17.4 Å². The lowest BCUT2D eigenvalue weighted by atomic mass is 9.98. The summed E-state index contributed by atoms with van der Waals surface area (Å²) in [6, 6.07) is 7.79. The zero-order valence-corrected chi connectivity index (χ0v) is 8.77. The molecule has 4 nitrogen and oxygen atoms in total. The predicted molar refractivity (Wildman–Crippen MR) is 58.6 cm³/mol. The molecule has 2 N–H and O–H groups in total. The summed E-state index contributed by atoms with van der Waals surface area (Å²) in [5.74, 6) is -1.12. The number of hydrogen-bond acceptors (Lipinski definition) is 3. The zero-order valence-electron chi connectivity index (χ0n) is 8.77. The van der Waals surface area contributed by atoms with Crippen molar-refractivity contribution in [1.29, 1.82) is 5.26 Å². The summed E-state index contributed by atoms with van der Waals surface area (Å²) in [4.78, 5) is 10.8. The highest BCUT2D eigenvalue weighted by atomic mass is 16.4. The van der Waals surface area contributed by atoms with Crippen molar-refractivity contribution in [2.45, 2.75) is 13.3 Å². The van der Waals surface area contributed by atoms with Gasteiger partial charge < -0.3 is 10.2 Å². The normalized spacial score (nSPS) is 11.5. The van der Waals surface area contributed by atoms with E-state index in [9.17, 15) is 4.79 Å². The van der Waals surface area contributed by atoms with Crippen molar-refractivity contribution >= 4 is 11.5 Å². The molecule has 0 unspecified atom stereocenters. The first-order valence-electron chi connectivity index (χ1n) is 4.76. The van der Waals surface area contributed by atoms with Crippen molar-refractivity contribution in [3.05, 3.63) is 35.4 Å². The fourth-order valence-electron chi connectivity index (χ4n) is 1.43. The number of carboxylic acids is 1. The molecule has 4 heteroatoms. The van der Waals surface area contributed by atoms with Crippen LogP contribution >= 0.6 is 0 Å². The first-order valence-corrected chi connectivity index (χ1v) is 4.76. The predicted octanol–water partition coefficient (Wildman–Crippen LogP) is 2.16. The highest BCUT2D eigenvalue weighted by Crippen LogP contribution is 2.24. The first-order chi connectivity index (χ1) is 7.60. The average Bonchev–Trinajstić information content (AvgIpc) is 2.26. The number of phenols is 1. The van der Waals surface area contributed by atoms with Crippen LogP contribution in [0.2, 0.25) is 0 Å². The lowest BCUT2D eigenvalue weighted by molar-refractivity contribution is -0.132. The smallest absolute Gasteiger partial charge is 0.346 e. The monoisotopic (exact) mass is 217 g/mol. The Morgan fingerprint density at radius 1 is 1.38 bits per heavy atom. The molecule has 0 saturated heterocycles. The van der Waals surface area contributed by atoms with Crippen LogP contribution in [0.3, 0.4) is 0 Å². The Morgan fingerprint density at radius 3 is 2.31 bits per heavy atom. The van der Waals surface area contributed by atoms with Gasteiger partial charge in [0, 0.05) is 0 Å². The number of allylic oxidation sites excluding steroid dienone is 1. The maximum Gasteiger partial charge on any atom is 0.346 e. The second-order valence-corrected chi connectivity index (χ2v) is 3.17. The fraction of sp³-hybridized carbons (Fsp3) is 0.167. The molecular weight excluding hydrogens is 206 g/mol. The molecule has 0 heterocycles. The van der Waals surface area contributed by atoms with Crippen LogP contribution in [0.4, 0.5) is 0 Å². The van der Waals surface area contributed by atoms with Crippen LogP contribution < -0.4 is 0 Å².